The monoisotopic (exact) mass is 384 g/mol. The Labute approximate surface area is 145 Å². The number of nitrogens with two attached hydrogens (primary N) is 1. The van der Waals surface area contributed by atoms with Crippen molar-refractivity contribution in [2.75, 3.05) is 4.72 Å². The second-order valence-electron chi connectivity index (χ2n) is 5.30. The molecule has 0 aliphatic carbocycles. The summed E-state index contributed by atoms with van der Waals surface area (Å²) in [4.78, 5) is 10.9. The zero-order valence-electron chi connectivity index (χ0n) is 12.9. The van der Waals surface area contributed by atoms with E-state index in [4.69, 9.17) is 10.2 Å². The summed E-state index contributed by atoms with van der Waals surface area (Å²) in [5.74, 6) is -1.47. The predicted octanol–water partition coefficient (Wildman–Crippen LogP) is 3.35. The topological polar surface area (TPSA) is 102 Å². The highest BCUT2D eigenvalue weighted by Gasteiger charge is 2.32. The number of amides is 1. The summed E-state index contributed by atoms with van der Waals surface area (Å²) in [6, 6.07) is 9.37. The Morgan fingerprint density at radius 1 is 1.08 bits per heavy atom. The van der Waals surface area contributed by atoms with Crippen molar-refractivity contribution in [2.24, 2.45) is 5.73 Å². The summed E-state index contributed by atoms with van der Waals surface area (Å²) >= 11 is 0. The molecule has 0 fully saturated rings. The van der Waals surface area contributed by atoms with E-state index in [0.717, 1.165) is 18.2 Å². The number of fused-ring (bicyclic) bond motifs is 1. The van der Waals surface area contributed by atoms with Crippen molar-refractivity contribution in [1.82, 2.24) is 0 Å². The number of hydrogen-bond acceptors (Lipinski definition) is 4. The molecule has 0 aliphatic rings. The highest BCUT2D eigenvalue weighted by Crippen LogP contribution is 2.34. The summed E-state index contributed by atoms with van der Waals surface area (Å²) in [5.41, 5.74) is 4.05. The molecule has 0 saturated carbocycles. The molecule has 0 spiro atoms. The average Bonchev–Trinajstić information content (AvgIpc) is 2.93. The molecule has 0 saturated heterocycles. The predicted molar refractivity (Wildman–Crippen MR) is 87.0 cm³/mol. The molecule has 26 heavy (non-hydrogen) atoms. The maximum absolute atomic E-state index is 12.8. The molecular weight excluding hydrogens is 373 g/mol. The number of anilines is 1. The van der Waals surface area contributed by atoms with Crippen molar-refractivity contribution in [1.29, 1.82) is 0 Å². The number of furan rings is 1. The Morgan fingerprint density at radius 2 is 1.77 bits per heavy atom. The lowest BCUT2D eigenvalue weighted by atomic mass is 10.2. The minimum atomic E-state index is -4.70. The van der Waals surface area contributed by atoms with Gasteiger partial charge in [0.25, 0.3) is 15.9 Å². The third kappa shape index (κ3) is 3.23. The first kappa shape index (κ1) is 17.8. The van der Waals surface area contributed by atoms with Crippen molar-refractivity contribution in [3.05, 3.63) is 59.9 Å². The van der Waals surface area contributed by atoms with Crippen LogP contribution in [0.5, 0.6) is 0 Å². The second-order valence-corrected chi connectivity index (χ2v) is 6.98. The van der Waals surface area contributed by atoms with E-state index in [-0.39, 0.29) is 16.7 Å². The van der Waals surface area contributed by atoms with Crippen molar-refractivity contribution in [3.63, 3.8) is 0 Å². The highest BCUT2D eigenvalue weighted by molar-refractivity contribution is 7.92. The van der Waals surface area contributed by atoms with Crippen LogP contribution in [-0.4, -0.2) is 14.3 Å². The summed E-state index contributed by atoms with van der Waals surface area (Å²) in [7, 11) is -4.43. The smallest absolute Gasteiger partial charge is 0.416 e. The first-order valence-electron chi connectivity index (χ1n) is 7.11. The van der Waals surface area contributed by atoms with Gasteiger partial charge in [0, 0.05) is 5.39 Å². The molecule has 10 heteroatoms. The minimum absolute atomic E-state index is 0.197. The van der Waals surface area contributed by atoms with Crippen LogP contribution in [0.25, 0.3) is 11.0 Å². The van der Waals surface area contributed by atoms with Crippen molar-refractivity contribution < 1.29 is 30.8 Å². The van der Waals surface area contributed by atoms with E-state index in [2.05, 4.69) is 4.72 Å². The van der Waals surface area contributed by atoms with Gasteiger partial charge in [-0.3, -0.25) is 9.52 Å². The summed E-state index contributed by atoms with van der Waals surface area (Å²) < 4.78 is 70.8. The molecule has 0 unspecified atom stereocenters. The molecule has 2 aromatic carbocycles. The Balaban J connectivity index is 2.10. The van der Waals surface area contributed by atoms with Crippen LogP contribution < -0.4 is 10.5 Å². The van der Waals surface area contributed by atoms with Gasteiger partial charge in [-0.1, -0.05) is 18.2 Å². The van der Waals surface area contributed by atoms with Crippen molar-refractivity contribution >= 4 is 32.6 Å². The second kappa shape index (κ2) is 6.06. The van der Waals surface area contributed by atoms with Gasteiger partial charge in [-0.15, -0.1) is 0 Å². The summed E-state index contributed by atoms with van der Waals surface area (Å²) in [5, 5.41) is 0.247. The average molecular weight is 384 g/mol. The molecule has 1 heterocycles. The molecule has 3 N–H and O–H groups in total. The number of carbonyl (C=O) groups is 1. The molecule has 0 radical (unpaired) electrons. The zero-order valence-corrected chi connectivity index (χ0v) is 13.7. The molecule has 3 aromatic rings. The lowest BCUT2D eigenvalue weighted by Gasteiger charge is -2.11. The maximum atomic E-state index is 12.8. The van der Waals surface area contributed by atoms with Crippen molar-refractivity contribution in [3.8, 4) is 0 Å². The molecule has 6 nitrogen and oxygen atoms in total. The third-order valence-corrected chi connectivity index (χ3v) is 4.87. The van der Waals surface area contributed by atoms with E-state index in [0.29, 0.717) is 6.07 Å². The normalized spacial score (nSPS) is 12.3. The number of hydrogen-bond donors (Lipinski definition) is 2. The highest BCUT2D eigenvalue weighted by atomic mass is 32.2. The SMILES string of the molecule is NC(=O)c1oc2ccccc2c1NS(=O)(=O)c1cccc(C(F)(F)F)c1. The van der Waals surface area contributed by atoms with Crippen LogP contribution >= 0.6 is 0 Å². The number of nitrogens with one attached hydrogen (secondary N) is 1. The van der Waals surface area contributed by atoms with Crippen LogP contribution in [0, 0.1) is 0 Å². The number of halogens is 3. The molecule has 3 rings (SSSR count). The van der Waals surface area contributed by atoms with Crippen LogP contribution in [0.1, 0.15) is 16.1 Å². The lowest BCUT2D eigenvalue weighted by Crippen LogP contribution is -2.18. The van der Waals surface area contributed by atoms with Crippen LogP contribution in [0.15, 0.2) is 57.8 Å². The number of para-hydroxylation sites is 1. The molecule has 0 atom stereocenters. The summed E-state index contributed by atoms with van der Waals surface area (Å²) in [6.45, 7) is 0. The van der Waals surface area contributed by atoms with Crippen LogP contribution in [0.2, 0.25) is 0 Å². The molecule has 1 amide bonds. The van der Waals surface area contributed by atoms with Gasteiger partial charge in [0.05, 0.1) is 10.5 Å². The van der Waals surface area contributed by atoms with Crippen LogP contribution in [-0.2, 0) is 16.2 Å². The van der Waals surface area contributed by atoms with Gasteiger partial charge in [0.2, 0.25) is 5.76 Å². The summed E-state index contributed by atoms with van der Waals surface area (Å²) in [6.07, 6.45) is -4.70. The fraction of sp³-hybridized carbons (Fsp3) is 0.0625. The molecule has 136 valence electrons. The van der Waals surface area contributed by atoms with E-state index in [9.17, 15) is 26.4 Å². The number of rotatable bonds is 4. The zero-order chi connectivity index (χ0) is 19.1. The minimum Gasteiger partial charge on any atom is -0.449 e. The fourth-order valence-electron chi connectivity index (χ4n) is 2.35. The Bertz CT molecular complexity index is 1100. The Hall–Kier alpha value is -3.01. The number of benzene rings is 2. The van der Waals surface area contributed by atoms with Crippen molar-refractivity contribution in [2.45, 2.75) is 11.1 Å². The molecule has 0 bridgehead atoms. The van der Waals surface area contributed by atoms with E-state index in [1.54, 1.807) is 12.1 Å². The Morgan fingerprint density at radius 3 is 2.42 bits per heavy atom. The fourth-order valence-corrected chi connectivity index (χ4v) is 3.48. The molecule has 1 aromatic heterocycles. The van der Waals surface area contributed by atoms with Gasteiger partial charge in [-0.2, -0.15) is 13.2 Å². The lowest BCUT2D eigenvalue weighted by molar-refractivity contribution is -0.137. The number of carbonyl (C=O) groups excluding carboxylic acids is 1. The van der Waals surface area contributed by atoms with Crippen LogP contribution in [0.3, 0.4) is 0 Å². The number of alkyl halides is 3. The third-order valence-electron chi connectivity index (χ3n) is 3.53. The first-order chi connectivity index (χ1) is 12.1. The van der Waals surface area contributed by atoms with Gasteiger partial charge in [-0.25, -0.2) is 8.42 Å². The maximum Gasteiger partial charge on any atom is 0.416 e. The Kier molecular flexibility index (Phi) is 4.15. The molecular formula is C16H11F3N2O4S. The van der Waals surface area contributed by atoms with Gasteiger partial charge >= 0.3 is 6.18 Å². The standard InChI is InChI=1S/C16H11F3N2O4S/c17-16(18,19)9-4-3-5-10(8-9)26(23,24)21-13-11-6-1-2-7-12(11)25-14(13)15(20)22/h1-8,21H,(H2,20,22). The largest absolute Gasteiger partial charge is 0.449 e. The van der Waals surface area contributed by atoms with Gasteiger partial charge < -0.3 is 10.2 Å². The number of sulfonamides is 1. The first-order valence-corrected chi connectivity index (χ1v) is 8.59. The van der Waals surface area contributed by atoms with E-state index in [1.807, 2.05) is 0 Å². The number of primary amides is 1. The van der Waals surface area contributed by atoms with E-state index in [1.165, 1.54) is 12.1 Å². The molecule has 0 aliphatic heterocycles. The van der Waals surface area contributed by atoms with E-state index >= 15 is 0 Å². The van der Waals surface area contributed by atoms with Gasteiger partial charge in [-0.05, 0) is 30.3 Å². The van der Waals surface area contributed by atoms with Crippen LogP contribution in [0.4, 0.5) is 18.9 Å². The van der Waals surface area contributed by atoms with E-state index < -0.39 is 38.3 Å². The van der Waals surface area contributed by atoms with Gasteiger partial charge in [0.15, 0.2) is 0 Å². The van der Waals surface area contributed by atoms with Gasteiger partial charge in [0.1, 0.15) is 11.3 Å². The quantitative estimate of drug-likeness (QED) is 0.720.